The summed E-state index contributed by atoms with van der Waals surface area (Å²) in [7, 11) is -0.670. The van der Waals surface area contributed by atoms with Crippen molar-refractivity contribution in [3.05, 3.63) is 24.3 Å². The van der Waals surface area contributed by atoms with Gasteiger partial charge in [0.2, 0.25) is 10.0 Å². The second kappa shape index (κ2) is 7.58. The fraction of sp³-hybridized carbons (Fsp3) is 0.538. The van der Waals surface area contributed by atoms with Crippen molar-refractivity contribution in [2.45, 2.75) is 17.9 Å². The molecule has 0 bridgehead atoms. The second-order valence-corrected chi connectivity index (χ2v) is 6.30. The lowest BCUT2D eigenvalue weighted by Crippen LogP contribution is -2.42. The molecule has 0 saturated heterocycles. The van der Waals surface area contributed by atoms with Crippen LogP contribution in [0.1, 0.15) is 6.92 Å². The van der Waals surface area contributed by atoms with Gasteiger partial charge < -0.3 is 14.6 Å². The van der Waals surface area contributed by atoms with E-state index in [1.54, 1.807) is 6.92 Å². The molecule has 0 aliphatic heterocycles. The molecule has 6 nitrogen and oxygen atoms in total. The number of benzene rings is 1. The average Bonchev–Trinajstić information content (AvgIpc) is 2.39. The first-order valence-corrected chi connectivity index (χ1v) is 7.66. The quantitative estimate of drug-likeness (QED) is 0.777. The fourth-order valence-electron chi connectivity index (χ4n) is 1.86. The lowest BCUT2D eigenvalue weighted by Gasteiger charge is -2.27. The van der Waals surface area contributed by atoms with Crippen molar-refractivity contribution in [3.63, 3.8) is 0 Å². The summed E-state index contributed by atoms with van der Waals surface area (Å²) in [6.45, 7) is 2.55. The van der Waals surface area contributed by atoms with E-state index in [1.165, 1.54) is 42.8 Å². The Hall–Kier alpha value is -1.15. The van der Waals surface area contributed by atoms with Gasteiger partial charge in [0.05, 0.1) is 18.1 Å². The van der Waals surface area contributed by atoms with Crippen LogP contribution in [0.15, 0.2) is 29.2 Å². The zero-order valence-corrected chi connectivity index (χ0v) is 12.8. The summed E-state index contributed by atoms with van der Waals surface area (Å²) in [5, 5.41) is 9.44. The summed E-state index contributed by atoms with van der Waals surface area (Å²) in [5.41, 5.74) is 0. The summed E-state index contributed by atoms with van der Waals surface area (Å²) in [4.78, 5) is 0.0524. The molecular weight excluding hydrogens is 282 g/mol. The Morgan fingerprint density at radius 1 is 1.30 bits per heavy atom. The van der Waals surface area contributed by atoms with Gasteiger partial charge in [-0.2, -0.15) is 4.31 Å². The molecule has 0 aromatic heterocycles. The molecule has 7 heteroatoms. The fourth-order valence-corrected chi connectivity index (χ4v) is 3.50. The minimum absolute atomic E-state index is 0.0524. The number of nitrogens with zero attached hydrogens (tertiary/aromatic N) is 1. The molecule has 1 N–H and O–H groups in total. The van der Waals surface area contributed by atoms with Gasteiger partial charge in [-0.25, -0.2) is 8.42 Å². The maximum absolute atomic E-state index is 12.6. The summed E-state index contributed by atoms with van der Waals surface area (Å²) in [6.07, 6.45) is 0. The van der Waals surface area contributed by atoms with Crippen LogP contribution in [0.2, 0.25) is 0 Å². The highest BCUT2D eigenvalue weighted by molar-refractivity contribution is 7.89. The van der Waals surface area contributed by atoms with Gasteiger partial charge in [0.25, 0.3) is 0 Å². The molecule has 0 heterocycles. The summed E-state index contributed by atoms with van der Waals surface area (Å²) < 4.78 is 36.5. The first-order chi connectivity index (χ1) is 9.43. The van der Waals surface area contributed by atoms with Gasteiger partial charge in [0, 0.05) is 26.8 Å². The highest BCUT2D eigenvalue weighted by Gasteiger charge is 2.29. The Labute approximate surface area is 120 Å². The zero-order valence-electron chi connectivity index (χ0n) is 11.9. The highest BCUT2D eigenvalue weighted by Crippen LogP contribution is 2.21. The van der Waals surface area contributed by atoms with Crippen LogP contribution < -0.4 is 0 Å². The Morgan fingerprint density at radius 3 is 2.55 bits per heavy atom. The van der Waals surface area contributed by atoms with E-state index < -0.39 is 10.0 Å². The molecule has 1 unspecified atom stereocenters. The van der Waals surface area contributed by atoms with E-state index in [0.717, 1.165) is 0 Å². The van der Waals surface area contributed by atoms with Gasteiger partial charge in [0.1, 0.15) is 5.75 Å². The van der Waals surface area contributed by atoms with Crippen LogP contribution >= 0.6 is 0 Å². The number of methoxy groups -OCH3 is 2. The average molecular weight is 303 g/mol. The molecule has 0 amide bonds. The molecule has 0 radical (unpaired) electrons. The number of hydrogen-bond acceptors (Lipinski definition) is 5. The van der Waals surface area contributed by atoms with E-state index in [4.69, 9.17) is 9.47 Å². The predicted molar refractivity (Wildman–Crippen MR) is 75.2 cm³/mol. The maximum atomic E-state index is 12.6. The minimum atomic E-state index is -3.70. The third kappa shape index (κ3) is 4.17. The largest absolute Gasteiger partial charge is 0.508 e. The monoisotopic (exact) mass is 303 g/mol. The third-order valence-corrected chi connectivity index (χ3v) is 4.85. The summed E-state index contributed by atoms with van der Waals surface area (Å²) in [6, 6.07) is 5.28. The number of hydrogen-bond donors (Lipinski definition) is 1. The van der Waals surface area contributed by atoms with Gasteiger partial charge in [0.15, 0.2) is 0 Å². The SMILES string of the molecule is COCCN(C(C)COC)S(=O)(=O)c1cccc(O)c1. The van der Waals surface area contributed by atoms with Crippen LogP contribution in [0.5, 0.6) is 5.75 Å². The highest BCUT2D eigenvalue weighted by atomic mass is 32.2. The first kappa shape index (κ1) is 16.9. The van der Waals surface area contributed by atoms with Crippen molar-refractivity contribution in [2.24, 2.45) is 0 Å². The van der Waals surface area contributed by atoms with Crippen LogP contribution in [0.25, 0.3) is 0 Å². The number of phenols is 1. The number of aromatic hydroxyl groups is 1. The molecule has 1 aromatic carbocycles. The minimum Gasteiger partial charge on any atom is -0.508 e. The number of sulfonamides is 1. The van der Waals surface area contributed by atoms with Gasteiger partial charge >= 0.3 is 0 Å². The predicted octanol–water partition coefficient (Wildman–Crippen LogP) is 1.06. The van der Waals surface area contributed by atoms with Crippen molar-refractivity contribution in [2.75, 3.05) is 34.0 Å². The van der Waals surface area contributed by atoms with Crippen molar-refractivity contribution in [3.8, 4) is 5.75 Å². The van der Waals surface area contributed by atoms with Crippen molar-refractivity contribution < 1.29 is 23.0 Å². The maximum Gasteiger partial charge on any atom is 0.243 e. The smallest absolute Gasteiger partial charge is 0.243 e. The molecule has 1 rings (SSSR count). The molecular formula is C13H21NO5S. The van der Waals surface area contributed by atoms with Crippen LogP contribution in [0, 0.1) is 0 Å². The van der Waals surface area contributed by atoms with E-state index in [-0.39, 0.29) is 36.4 Å². The topological polar surface area (TPSA) is 76.1 Å². The van der Waals surface area contributed by atoms with Gasteiger partial charge in [-0.3, -0.25) is 0 Å². The number of ether oxygens (including phenoxy) is 2. The number of rotatable bonds is 8. The Balaban J connectivity index is 3.09. The van der Waals surface area contributed by atoms with Crippen molar-refractivity contribution >= 4 is 10.0 Å². The van der Waals surface area contributed by atoms with Crippen LogP contribution in [0.4, 0.5) is 0 Å². The summed E-state index contributed by atoms with van der Waals surface area (Å²) in [5.74, 6) is -0.0860. The standard InChI is InChI=1S/C13H21NO5S/c1-11(10-19-3)14(7-8-18-2)20(16,17)13-6-4-5-12(15)9-13/h4-6,9,11,15H,7-8,10H2,1-3H3. The Bertz CT molecular complexity index is 517. The van der Waals surface area contributed by atoms with E-state index in [2.05, 4.69) is 0 Å². The number of phenolic OH excluding ortho intramolecular Hbond substituents is 1. The zero-order chi connectivity index (χ0) is 15.2. The van der Waals surface area contributed by atoms with Gasteiger partial charge in [-0.05, 0) is 25.1 Å². The van der Waals surface area contributed by atoms with E-state index >= 15 is 0 Å². The molecule has 0 spiro atoms. The third-order valence-electron chi connectivity index (χ3n) is 2.84. The van der Waals surface area contributed by atoms with Crippen molar-refractivity contribution in [1.29, 1.82) is 0 Å². The molecule has 20 heavy (non-hydrogen) atoms. The first-order valence-electron chi connectivity index (χ1n) is 6.22. The second-order valence-electron chi connectivity index (χ2n) is 4.41. The molecule has 0 aliphatic rings. The molecule has 0 saturated carbocycles. The molecule has 0 aliphatic carbocycles. The Kier molecular flexibility index (Phi) is 6.41. The Morgan fingerprint density at radius 2 is 2.00 bits per heavy atom. The molecule has 1 aromatic rings. The van der Waals surface area contributed by atoms with Gasteiger partial charge in [-0.1, -0.05) is 6.07 Å². The normalized spacial score (nSPS) is 13.6. The van der Waals surface area contributed by atoms with Gasteiger partial charge in [-0.15, -0.1) is 0 Å². The summed E-state index contributed by atoms with van der Waals surface area (Å²) >= 11 is 0. The lowest BCUT2D eigenvalue weighted by atomic mass is 10.3. The molecule has 1 atom stereocenters. The molecule has 114 valence electrons. The van der Waals surface area contributed by atoms with Crippen molar-refractivity contribution in [1.82, 2.24) is 4.31 Å². The van der Waals surface area contributed by atoms with E-state index in [9.17, 15) is 13.5 Å². The van der Waals surface area contributed by atoms with Crippen LogP contribution in [-0.4, -0.2) is 57.8 Å². The van der Waals surface area contributed by atoms with E-state index in [0.29, 0.717) is 0 Å². The molecule has 0 fully saturated rings. The van der Waals surface area contributed by atoms with Crippen LogP contribution in [0.3, 0.4) is 0 Å². The van der Waals surface area contributed by atoms with E-state index in [1.807, 2.05) is 0 Å². The van der Waals surface area contributed by atoms with Crippen LogP contribution in [-0.2, 0) is 19.5 Å². The lowest BCUT2D eigenvalue weighted by molar-refractivity contribution is 0.119.